The van der Waals surface area contributed by atoms with Crippen LogP contribution >= 0.6 is 0 Å². The molecule has 0 atom stereocenters. The average molecular weight is 941 g/mol. The van der Waals surface area contributed by atoms with E-state index in [1.807, 2.05) is 0 Å². The second-order valence-electron chi connectivity index (χ2n) is 19.2. The molecule has 0 bridgehead atoms. The van der Waals surface area contributed by atoms with Gasteiger partial charge in [0.05, 0.1) is 22.4 Å². The quantitative estimate of drug-likeness (QED) is 0.131. The molecular weight excluding hydrogens is 893 g/mol. The number of rotatable bonds is 9. The molecule has 0 aliphatic carbocycles. The molecule has 13 aromatic carbocycles. The van der Waals surface area contributed by atoms with E-state index in [0.29, 0.717) is 0 Å². The Kier molecular flexibility index (Phi) is 10.6. The fraction of sp³-hybridized carbons (Fsp3) is 0. The number of hydrogen-bond donors (Lipinski definition) is 0. The number of anilines is 3. The molecule has 0 radical (unpaired) electrons. The maximum Gasteiger partial charge on any atom is 0.0547 e. The zero-order valence-corrected chi connectivity index (χ0v) is 40.6. The Morgan fingerprint density at radius 1 is 0.243 bits per heavy atom. The minimum atomic E-state index is 1.06. The van der Waals surface area contributed by atoms with Gasteiger partial charge in [-0.3, -0.25) is 0 Å². The van der Waals surface area contributed by atoms with Gasteiger partial charge >= 0.3 is 0 Å². The minimum Gasteiger partial charge on any atom is -0.310 e. The molecule has 0 spiro atoms. The molecule has 14 rings (SSSR count). The smallest absolute Gasteiger partial charge is 0.0547 e. The molecule has 0 saturated carbocycles. The monoisotopic (exact) mass is 940 g/mol. The number of hydrogen-bond acceptors (Lipinski definition) is 1. The Morgan fingerprint density at radius 3 is 1.54 bits per heavy atom. The van der Waals surface area contributed by atoms with Crippen LogP contribution in [-0.2, 0) is 0 Å². The molecule has 0 unspecified atom stereocenters. The van der Waals surface area contributed by atoms with Crippen LogP contribution in [0.25, 0.3) is 115 Å². The third kappa shape index (κ3) is 7.43. The van der Waals surface area contributed by atoms with E-state index in [-0.39, 0.29) is 0 Å². The van der Waals surface area contributed by atoms with Gasteiger partial charge in [-0.25, -0.2) is 0 Å². The van der Waals surface area contributed by atoms with Gasteiger partial charge in [-0.1, -0.05) is 231 Å². The second kappa shape index (κ2) is 18.1. The third-order valence-electron chi connectivity index (χ3n) is 15.0. The van der Waals surface area contributed by atoms with E-state index in [2.05, 4.69) is 301 Å². The van der Waals surface area contributed by atoms with Crippen molar-refractivity contribution in [2.75, 3.05) is 4.90 Å². The molecular formula is C72H48N2. The molecule has 14 aromatic rings. The molecule has 0 aliphatic heterocycles. The Bertz CT molecular complexity index is 4400. The maximum atomic E-state index is 2.49. The summed E-state index contributed by atoms with van der Waals surface area (Å²) in [6, 6.07) is 107. The van der Waals surface area contributed by atoms with Gasteiger partial charge in [0.25, 0.3) is 0 Å². The lowest BCUT2D eigenvalue weighted by atomic mass is 9.92. The van der Waals surface area contributed by atoms with E-state index in [0.717, 1.165) is 50.6 Å². The normalized spacial score (nSPS) is 11.5. The fourth-order valence-corrected chi connectivity index (χ4v) is 11.5. The lowest BCUT2D eigenvalue weighted by Gasteiger charge is -2.29. The summed E-state index contributed by atoms with van der Waals surface area (Å²) in [4.78, 5) is 2.45. The van der Waals surface area contributed by atoms with Gasteiger partial charge in [0.2, 0.25) is 0 Å². The highest BCUT2D eigenvalue weighted by Crippen LogP contribution is 2.46. The summed E-state index contributed by atoms with van der Waals surface area (Å²) in [6.45, 7) is 0. The number of benzene rings is 13. The van der Waals surface area contributed by atoms with Crippen LogP contribution in [0.5, 0.6) is 0 Å². The molecule has 1 aromatic heterocycles. The predicted octanol–water partition coefficient (Wildman–Crippen LogP) is 20.0. The van der Waals surface area contributed by atoms with Crippen molar-refractivity contribution < 1.29 is 0 Å². The SMILES string of the molecule is c1ccc(-c2ccc(N(c3ccc(-c4ccc(-c5ccccc5)cc4-n4c5ccccc5c5c6ccccc6ccc54)cc3)c3cccc(-c4cc5ccccc5c5ccccc45)c3)c(-c3ccccc3)c2)cc1. The van der Waals surface area contributed by atoms with Crippen LogP contribution in [0.3, 0.4) is 0 Å². The van der Waals surface area contributed by atoms with E-state index in [1.54, 1.807) is 0 Å². The zero-order valence-electron chi connectivity index (χ0n) is 40.6. The van der Waals surface area contributed by atoms with E-state index in [9.17, 15) is 0 Å². The summed E-state index contributed by atoms with van der Waals surface area (Å²) in [5.74, 6) is 0. The summed E-state index contributed by atoms with van der Waals surface area (Å²) in [5, 5.41) is 10.00. The highest BCUT2D eigenvalue weighted by atomic mass is 15.1. The van der Waals surface area contributed by atoms with Gasteiger partial charge < -0.3 is 9.47 Å². The third-order valence-corrected chi connectivity index (χ3v) is 15.0. The zero-order chi connectivity index (χ0) is 49.0. The first-order valence-electron chi connectivity index (χ1n) is 25.5. The van der Waals surface area contributed by atoms with Crippen LogP contribution in [0.2, 0.25) is 0 Å². The first-order valence-corrected chi connectivity index (χ1v) is 25.5. The van der Waals surface area contributed by atoms with Gasteiger partial charge in [-0.15, -0.1) is 0 Å². The molecule has 0 fully saturated rings. The standard InChI is InChI=1S/C72H48N2/c1-4-19-49(20-5-1)54-39-43-69(67(46-54)51-23-8-3-9-24-51)73(59-28-18-27-56(45-59)66-47-57-26-11-12-29-60(57)63-31-14-15-32-64(63)66)58-40-35-53(36-41-58)61-42-37-55(50-21-6-2-7-22-50)48-71(61)74-68-34-17-16-33-65(68)72-62-30-13-10-25-52(62)38-44-70(72)74/h1-48H. The Hall–Kier alpha value is -9.76. The van der Waals surface area contributed by atoms with E-state index in [4.69, 9.17) is 0 Å². The summed E-state index contributed by atoms with van der Waals surface area (Å²) >= 11 is 0. The lowest BCUT2D eigenvalue weighted by Crippen LogP contribution is -2.11. The van der Waals surface area contributed by atoms with Crippen LogP contribution in [0, 0.1) is 0 Å². The van der Waals surface area contributed by atoms with Crippen molar-refractivity contribution in [3.8, 4) is 61.3 Å². The Morgan fingerprint density at radius 2 is 0.797 bits per heavy atom. The van der Waals surface area contributed by atoms with Gasteiger partial charge in [0, 0.05) is 33.3 Å². The average Bonchev–Trinajstić information content (AvgIpc) is 3.86. The Balaban J connectivity index is 0.976. The lowest BCUT2D eigenvalue weighted by molar-refractivity contribution is 1.18. The molecule has 1 heterocycles. The molecule has 0 N–H and O–H groups in total. The van der Waals surface area contributed by atoms with Gasteiger partial charge in [0.1, 0.15) is 0 Å². The molecule has 2 nitrogen and oxygen atoms in total. The van der Waals surface area contributed by atoms with Crippen molar-refractivity contribution in [3.63, 3.8) is 0 Å². The van der Waals surface area contributed by atoms with Crippen molar-refractivity contribution in [2.24, 2.45) is 0 Å². The van der Waals surface area contributed by atoms with Gasteiger partial charge in [-0.2, -0.15) is 0 Å². The second-order valence-corrected chi connectivity index (χ2v) is 19.2. The molecule has 0 amide bonds. The molecule has 74 heavy (non-hydrogen) atoms. The number of nitrogens with zero attached hydrogens (tertiary/aromatic N) is 2. The largest absolute Gasteiger partial charge is 0.310 e. The van der Waals surface area contributed by atoms with Crippen molar-refractivity contribution >= 4 is 71.2 Å². The highest BCUT2D eigenvalue weighted by Gasteiger charge is 2.22. The molecule has 2 heteroatoms. The van der Waals surface area contributed by atoms with Crippen LogP contribution in [0.1, 0.15) is 0 Å². The van der Waals surface area contributed by atoms with E-state index in [1.165, 1.54) is 81.9 Å². The highest BCUT2D eigenvalue weighted by molar-refractivity contribution is 6.21. The van der Waals surface area contributed by atoms with E-state index >= 15 is 0 Å². The van der Waals surface area contributed by atoms with Gasteiger partial charge in [-0.05, 0) is 137 Å². The van der Waals surface area contributed by atoms with Gasteiger partial charge in [0.15, 0.2) is 0 Å². The van der Waals surface area contributed by atoms with Crippen LogP contribution in [0.15, 0.2) is 291 Å². The van der Waals surface area contributed by atoms with E-state index < -0.39 is 0 Å². The summed E-state index contributed by atoms with van der Waals surface area (Å²) in [5.41, 5.74) is 18.4. The summed E-state index contributed by atoms with van der Waals surface area (Å²) in [7, 11) is 0. The molecule has 0 saturated heterocycles. The fourth-order valence-electron chi connectivity index (χ4n) is 11.5. The van der Waals surface area contributed by atoms with Crippen molar-refractivity contribution in [1.29, 1.82) is 0 Å². The van der Waals surface area contributed by atoms with Crippen molar-refractivity contribution in [3.05, 3.63) is 291 Å². The number of aromatic nitrogens is 1. The predicted molar refractivity (Wildman–Crippen MR) is 315 cm³/mol. The summed E-state index contributed by atoms with van der Waals surface area (Å²) < 4.78 is 2.49. The minimum absolute atomic E-state index is 1.06. The van der Waals surface area contributed by atoms with Crippen molar-refractivity contribution in [2.45, 2.75) is 0 Å². The van der Waals surface area contributed by atoms with Crippen LogP contribution in [-0.4, -0.2) is 4.57 Å². The molecule has 346 valence electrons. The number of fused-ring (bicyclic) bond motifs is 8. The van der Waals surface area contributed by atoms with Crippen LogP contribution in [0.4, 0.5) is 17.1 Å². The summed E-state index contributed by atoms with van der Waals surface area (Å²) in [6.07, 6.45) is 0. The molecule has 0 aliphatic rings. The first-order chi connectivity index (χ1) is 36.7. The van der Waals surface area contributed by atoms with Crippen molar-refractivity contribution in [1.82, 2.24) is 4.57 Å². The topological polar surface area (TPSA) is 8.17 Å². The number of para-hydroxylation sites is 1. The first kappa shape index (κ1) is 43.1. The Labute approximate surface area is 430 Å². The maximum absolute atomic E-state index is 2.49. The van der Waals surface area contributed by atoms with Crippen LogP contribution < -0.4 is 4.90 Å².